The number of hydrogen-bond donors (Lipinski definition) is 2. The topological polar surface area (TPSA) is 181 Å². The Labute approximate surface area is 430 Å². The van der Waals surface area contributed by atoms with Crippen molar-refractivity contribution in [2.24, 2.45) is 11.3 Å². The number of carbonyl (C=O) groups excluding carboxylic acids is 5. The number of fused-ring (bicyclic) bond motifs is 6. The third-order valence-corrected chi connectivity index (χ3v) is 16.2. The van der Waals surface area contributed by atoms with E-state index in [9.17, 15) is 24.0 Å². The maximum atomic E-state index is 16.5. The lowest BCUT2D eigenvalue weighted by atomic mass is 9.84. The molecule has 0 aliphatic carbocycles. The molecule has 4 amide bonds. The summed E-state index contributed by atoms with van der Waals surface area (Å²) in [6.07, 6.45) is 5.61. The van der Waals surface area contributed by atoms with Gasteiger partial charge in [0.05, 0.1) is 65.4 Å². The van der Waals surface area contributed by atoms with Crippen molar-refractivity contribution in [2.45, 2.75) is 122 Å². The molecule has 1 aromatic carbocycles. The van der Waals surface area contributed by atoms with Gasteiger partial charge in [-0.3, -0.25) is 34.0 Å². The molecule has 0 saturated carbocycles. The van der Waals surface area contributed by atoms with E-state index >= 15 is 4.39 Å². The molecule has 0 spiro atoms. The Bertz CT molecular complexity index is 2780. The lowest BCUT2D eigenvalue weighted by molar-refractivity contribution is -0.156. The van der Waals surface area contributed by atoms with E-state index in [1.54, 1.807) is 21.0 Å². The molecule has 19 heteroatoms. The number of alkyl halides is 1. The summed E-state index contributed by atoms with van der Waals surface area (Å²) in [6, 6.07) is 3.53. The van der Waals surface area contributed by atoms with Crippen molar-refractivity contribution in [1.29, 1.82) is 0 Å². The Morgan fingerprint density at radius 2 is 1.81 bits per heavy atom. The zero-order valence-electron chi connectivity index (χ0n) is 43.3. The molecule has 8 heterocycles. The number of nitrogens with one attached hydrogen (secondary N) is 2. The molecular formula is C54H70FN9O8S. The van der Waals surface area contributed by atoms with Crippen molar-refractivity contribution in [3.63, 3.8) is 0 Å². The number of morpholine rings is 1. The van der Waals surface area contributed by atoms with E-state index in [4.69, 9.17) is 24.2 Å². The number of likely N-dealkylation sites (N-methyl/N-ethyl adjacent to an activating group) is 1. The van der Waals surface area contributed by atoms with Gasteiger partial charge >= 0.3 is 5.97 Å². The van der Waals surface area contributed by atoms with E-state index in [1.165, 1.54) is 33.9 Å². The molecule has 0 unspecified atom stereocenters. The van der Waals surface area contributed by atoms with Crippen LogP contribution in [0.2, 0.25) is 0 Å². The lowest BCUT2D eigenvalue weighted by Crippen LogP contribution is -2.63. The van der Waals surface area contributed by atoms with Gasteiger partial charge < -0.3 is 38.8 Å². The number of hydrazine groups is 1. The highest BCUT2D eigenvalue weighted by molar-refractivity contribution is 7.10. The quantitative estimate of drug-likeness (QED) is 0.141. The van der Waals surface area contributed by atoms with Crippen molar-refractivity contribution in [2.75, 3.05) is 71.6 Å². The summed E-state index contributed by atoms with van der Waals surface area (Å²) in [5, 5.41) is 8.00. The molecule has 392 valence electrons. The van der Waals surface area contributed by atoms with Gasteiger partial charge in [-0.15, -0.1) is 11.3 Å². The summed E-state index contributed by atoms with van der Waals surface area (Å²) in [4.78, 5) is 84.9. The van der Waals surface area contributed by atoms with Crippen LogP contribution in [-0.2, 0) is 64.0 Å². The van der Waals surface area contributed by atoms with E-state index in [-0.39, 0.29) is 57.5 Å². The average molecular weight is 1020 g/mol. The van der Waals surface area contributed by atoms with Gasteiger partial charge in [0.25, 0.3) is 11.8 Å². The molecular weight excluding hydrogens is 954 g/mol. The first-order valence-corrected chi connectivity index (χ1v) is 26.7. The number of amides is 4. The van der Waals surface area contributed by atoms with Crippen LogP contribution in [0.5, 0.6) is 0 Å². The summed E-state index contributed by atoms with van der Waals surface area (Å²) < 4.78 is 36.8. The maximum absolute atomic E-state index is 16.5. The number of rotatable bonds is 10. The fourth-order valence-electron chi connectivity index (χ4n) is 11.4. The Hall–Kier alpha value is -5.76. The molecule has 0 radical (unpaired) electrons. The number of benzene rings is 1. The van der Waals surface area contributed by atoms with Crippen LogP contribution in [0.15, 0.2) is 42.4 Å². The number of piperidine rings is 1. The van der Waals surface area contributed by atoms with Crippen LogP contribution in [0.3, 0.4) is 0 Å². The molecule has 6 bridgehead atoms. The Morgan fingerprint density at radius 1 is 1.05 bits per heavy atom. The summed E-state index contributed by atoms with van der Waals surface area (Å²) >= 11 is 1.39. The second-order valence-electron chi connectivity index (χ2n) is 21.5. The van der Waals surface area contributed by atoms with Gasteiger partial charge in [-0.25, -0.2) is 14.8 Å². The molecule has 3 aromatic heterocycles. The second-order valence-corrected chi connectivity index (χ2v) is 22.4. The highest BCUT2D eigenvalue weighted by Crippen LogP contribution is 2.46. The first kappa shape index (κ1) is 52.1. The van der Waals surface area contributed by atoms with Crippen molar-refractivity contribution < 1.29 is 42.6 Å². The number of aryl methyl sites for hydroxylation is 2. The van der Waals surface area contributed by atoms with Crippen LogP contribution in [0.4, 0.5) is 10.1 Å². The summed E-state index contributed by atoms with van der Waals surface area (Å²) in [5.74, 6) is -3.28. The summed E-state index contributed by atoms with van der Waals surface area (Å²) in [6.45, 7) is 17.3. The zero-order valence-corrected chi connectivity index (χ0v) is 44.1. The van der Waals surface area contributed by atoms with Gasteiger partial charge in [0.2, 0.25) is 11.8 Å². The molecule has 73 heavy (non-hydrogen) atoms. The van der Waals surface area contributed by atoms with E-state index in [0.29, 0.717) is 37.5 Å². The van der Waals surface area contributed by atoms with Crippen molar-refractivity contribution in [1.82, 2.24) is 40.1 Å². The number of esters is 1. The fourth-order valence-corrected chi connectivity index (χ4v) is 12.2. The number of methoxy groups -OCH3 is 1. The van der Waals surface area contributed by atoms with Crippen LogP contribution >= 0.6 is 11.3 Å². The molecule has 3 fully saturated rings. The van der Waals surface area contributed by atoms with Crippen molar-refractivity contribution in [3.05, 3.63) is 64.3 Å². The number of nitrogens with zero attached hydrogens (tertiary/aromatic N) is 7. The molecule has 2 N–H and O–H groups in total. The number of thiazole rings is 1. The molecule has 17 nitrogen and oxygen atoms in total. The summed E-state index contributed by atoms with van der Waals surface area (Å²) in [5.41, 5.74) is 9.31. The molecule has 4 aromatic rings. The van der Waals surface area contributed by atoms with Gasteiger partial charge in [-0.2, -0.15) is 0 Å². The van der Waals surface area contributed by atoms with Gasteiger partial charge in [-0.05, 0) is 80.3 Å². The van der Waals surface area contributed by atoms with Gasteiger partial charge in [0.15, 0.2) is 5.67 Å². The van der Waals surface area contributed by atoms with E-state index in [1.807, 2.05) is 18.5 Å². The van der Waals surface area contributed by atoms with Gasteiger partial charge in [-0.1, -0.05) is 34.3 Å². The molecule has 3 saturated heterocycles. The summed E-state index contributed by atoms with van der Waals surface area (Å²) in [7, 11) is 3.11. The fraction of sp³-hybridized carbons (Fsp3) is 0.574. The number of halogens is 1. The highest BCUT2D eigenvalue weighted by Gasteiger charge is 2.47. The highest BCUT2D eigenvalue weighted by atomic mass is 32.1. The van der Waals surface area contributed by atoms with Crippen LogP contribution in [0.1, 0.15) is 94.7 Å². The van der Waals surface area contributed by atoms with E-state index in [0.717, 1.165) is 93.8 Å². The zero-order chi connectivity index (χ0) is 51.9. The lowest BCUT2D eigenvalue weighted by Gasteiger charge is -2.40. The SMILES string of the molecule is C=CC(=O)N1CCC(F)(C(=O)N(C)[C@H](C(=O)N[C@H]2Cc3nc(cs3)-c3cc4c5c(c3)c(c(-c3cc(N6CCOCC6)cnc3[C@H](C)OC)n5CCC4)CC(C)(C)COC(=O)[C@@H]3CCCN(N3)C2=O)C(C)C)CC1. The Morgan fingerprint density at radius 3 is 2.52 bits per heavy atom. The predicted octanol–water partition coefficient (Wildman–Crippen LogP) is 5.97. The van der Waals surface area contributed by atoms with Crippen molar-refractivity contribution >= 4 is 57.5 Å². The van der Waals surface area contributed by atoms with Crippen LogP contribution < -0.4 is 15.6 Å². The standard InChI is InChI=1S/C54H70FN9O8S/c1-9-44(65)62-18-14-54(55,15-19-62)52(69)60(7)46(32(2)3)49(66)58-41-27-43-57-42(30-73-43)35-24-34-12-10-16-63-47(34)37(25-35)39(28-53(5,6)31-72-51(68)40-13-11-17-64(59-40)50(41)67)48(63)38-26-36(61-20-22-71-23-21-61)29-56-45(38)33(4)70-8/h9,24-26,29-30,32-33,40-41,46,59H,1,10-23,27-28,31H2,2-8H3,(H,58,66)/t33-,40-,41-,46-/m0/s1. The number of cyclic esters (lactones) is 1. The van der Waals surface area contributed by atoms with Crippen molar-refractivity contribution in [3.8, 4) is 22.5 Å². The van der Waals surface area contributed by atoms with Gasteiger partial charge in [0.1, 0.15) is 18.1 Å². The second kappa shape index (κ2) is 21.2. The smallest absolute Gasteiger partial charge is 0.324 e. The minimum absolute atomic E-state index is 0.00718. The monoisotopic (exact) mass is 1020 g/mol. The Kier molecular flexibility index (Phi) is 15.2. The molecule has 9 rings (SSSR count). The minimum atomic E-state index is -2.30. The number of hydrogen-bond acceptors (Lipinski definition) is 13. The van der Waals surface area contributed by atoms with E-state index in [2.05, 4.69) is 58.8 Å². The first-order valence-electron chi connectivity index (χ1n) is 25.8. The Balaban J connectivity index is 1.10. The largest absolute Gasteiger partial charge is 0.464 e. The number of pyridine rings is 1. The van der Waals surface area contributed by atoms with Gasteiger partial charge in [0, 0.05) is 100.0 Å². The number of aromatic nitrogens is 3. The normalized spacial score (nSPS) is 22.1. The number of anilines is 1. The van der Waals surface area contributed by atoms with E-state index < -0.39 is 58.8 Å². The average Bonchev–Trinajstić information content (AvgIpc) is 3.99. The predicted molar refractivity (Wildman–Crippen MR) is 276 cm³/mol. The third kappa shape index (κ3) is 10.5. The molecule has 5 aliphatic rings. The molecule has 5 aliphatic heterocycles. The number of ether oxygens (including phenoxy) is 3. The van der Waals surface area contributed by atoms with Crippen LogP contribution in [0.25, 0.3) is 33.4 Å². The minimum Gasteiger partial charge on any atom is -0.464 e. The first-order chi connectivity index (χ1) is 34.9. The maximum Gasteiger partial charge on any atom is 0.324 e. The number of carbonyl (C=O) groups is 5. The van der Waals surface area contributed by atoms with Crippen LogP contribution in [0, 0.1) is 11.3 Å². The molecule has 4 atom stereocenters. The third-order valence-electron chi connectivity index (χ3n) is 15.3. The van der Waals surface area contributed by atoms with Crippen LogP contribution in [-0.4, -0.2) is 149 Å². The number of likely N-dealkylation sites (tertiary alicyclic amines) is 1.